The maximum atomic E-state index is 12.2. The lowest BCUT2D eigenvalue weighted by Crippen LogP contribution is -2.07. The van der Waals surface area contributed by atoms with Crippen molar-refractivity contribution in [3.63, 3.8) is 0 Å². The van der Waals surface area contributed by atoms with E-state index < -0.39 is 17.2 Å². The van der Waals surface area contributed by atoms with E-state index in [9.17, 15) is 9.00 Å². The first kappa shape index (κ1) is 23.2. The van der Waals surface area contributed by atoms with Crippen molar-refractivity contribution in [2.75, 3.05) is 17.1 Å². The topological polar surface area (TPSA) is 119 Å². The average Bonchev–Trinajstić information content (AvgIpc) is 3.17. The number of nitrogens with two attached hydrogens (primary N) is 1. The zero-order valence-corrected chi connectivity index (χ0v) is 19.3. The molecule has 3 aromatic carbocycles. The van der Waals surface area contributed by atoms with E-state index in [1.807, 2.05) is 48.5 Å². The Labute approximate surface area is 199 Å². The van der Waals surface area contributed by atoms with Crippen molar-refractivity contribution in [3.05, 3.63) is 95.6 Å². The number of nitrogen functional groups attached to an aromatic ring is 1. The van der Waals surface area contributed by atoms with Gasteiger partial charge in [0.1, 0.15) is 5.82 Å². The van der Waals surface area contributed by atoms with Gasteiger partial charge in [-0.05, 0) is 42.8 Å². The SMILES string of the molecule is CCOC(=O)c1cccc(-n2nc(-c3ccccc3)c(Cc3ccc(NS(=O)O)cc3)c2N)c1. The van der Waals surface area contributed by atoms with Crippen LogP contribution in [0.25, 0.3) is 16.9 Å². The molecule has 0 saturated heterocycles. The van der Waals surface area contributed by atoms with E-state index in [-0.39, 0.29) is 6.61 Å². The Morgan fingerprint density at radius 3 is 2.50 bits per heavy atom. The van der Waals surface area contributed by atoms with Gasteiger partial charge < -0.3 is 10.5 Å². The van der Waals surface area contributed by atoms with Crippen LogP contribution in [-0.2, 0) is 22.4 Å². The molecule has 1 heterocycles. The number of hydrogen-bond acceptors (Lipinski definition) is 5. The van der Waals surface area contributed by atoms with Crippen molar-refractivity contribution < 1.29 is 18.3 Å². The molecule has 0 saturated carbocycles. The monoisotopic (exact) mass is 476 g/mol. The molecule has 0 fully saturated rings. The zero-order valence-electron chi connectivity index (χ0n) is 18.5. The summed E-state index contributed by atoms with van der Waals surface area (Å²) >= 11 is -2.13. The number of nitrogens with zero attached hydrogens (tertiary/aromatic N) is 2. The van der Waals surface area contributed by atoms with Gasteiger partial charge in [0.05, 0.1) is 23.6 Å². The Kier molecular flexibility index (Phi) is 7.05. The van der Waals surface area contributed by atoms with Gasteiger partial charge in [0.2, 0.25) is 0 Å². The molecule has 174 valence electrons. The fourth-order valence-electron chi connectivity index (χ4n) is 3.64. The molecular weight excluding hydrogens is 452 g/mol. The third kappa shape index (κ3) is 5.16. The molecule has 0 aliphatic heterocycles. The largest absolute Gasteiger partial charge is 0.462 e. The molecule has 34 heavy (non-hydrogen) atoms. The molecule has 0 amide bonds. The van der Waals surface area contributed by atoms with Crippen LogP contribution in [-0.4, -0.2) is 31.1 Å². The van der Waals surface area contributed by atoms with Crippen LogP contribution in [0.15, 0.2) is 78.9 Å². The van der Waals surface area contributed by atoms with Gasteiger partial charge in [-0.1, -0.05) is 48.5 Å². The molecule has 1 atom stereocenters. The highest BCUT2D eigenvalue weighted by molar-refractivity contribution is 7.80. The molecule has 1 aromatic heterocycles. The first-order valence-electron chi connectivity index (χ1n) is 10.6. The second-order valence-corrected chi connectivity index (χ2v) is 8.19. The average molecular weight is 477 g/mol. The molecule has 4 aromatic rings. The summed E-state index contributed by atoms with van der Waals surface area (Å²) in [5.41, 5.74) is 11.6. The highest BCUT2D eigenvalue weighted by atomic mass is 32.2. The van der Waals surface area contributed by atoms with Gasteiger partial charge in [0.25, 0.3) is 11.3 Å². The van der Waals surface area contributed by atoms with Gasteiger partial charge in [0.15, 0.2) is 0 Å². The number of benzene rings is 3. The number of hydrogen-bond donors (Lipinski definition) is 3. The molecule has 4 rings (SSSR count). The predicted octanol–water partition coefficient (Wildman–Crippen LogP) is 4.44. The normalized spacial score (nSPS) is 11.7. The summed E-state index contributed by atoms with van der Waals surface area (Å²) in [7, 11) is 0. The van der Waals surface area contributed by atoms with Crippen LogP contribution >= 0.6 is 0 Å². The van der Waals surface area contributed by atoms with E-state index in [0.717, 1.165) is 22.4 Å². The number of rotatable bonds is 8. The first-order chi connectivity index (χ1) is 16.5. The quantitative estimate of drug-likeness (QED) is 0.256. The summed E-state index contributed by atoms with van der Waals surface area (Å²) < 4.78 is 29.2. The van der Waals surface area contributed by atoms with Crippen LogP contribution in [0, 0.1) is 0 Å². The number of carbonyl (C=O) groups is 1. The van der Waals surface area contributed by atoms with Crippen LogP contribution in [0.1, 0.15) is 28.4 Å². The van der Waals surface area contributed by atoms with Gasteiger partial charge in [-0.15, -0.1) is 0 Å². The predicted molar refractivity (Wildman–Crippen MR) is 133 cm³/mol. The molecule has 9 heteroatoms. The van der Waals surface area contributed by atoms with E-state index >= 15 is 0 Å². The molecular formula is C25H24N4O4S. The summed E-state index contributed by atoms with van der Waals surface area (Å²) in [5.74, 6) is 0.0506. The van der Waals surface area contributed by atoms with Gasteiger partial charge in [-0.3, -0.25) is 9.27 Å². The zero-order chi connectivity index (χ0) is 24.1. The lowest BCUT2D eigenvalue weighted by atomic mass is 10.0. The van der Waals surface area contributed by atoms with E-state index in [1.54, 1.807) is 41.9 Å². The van der Waals surface area contributed by atoms with Crippen molar-refractivity contribution >= 4 is 28.7 Å². The summed E-state index contributed by atoms with van der Waals surface area (Å²) in [6.07, 6.45) is 0.496. The molecule has 0 aliphatic rings. The highest BCUT2D eigenvalue weighted by Crippen LogP contribution is 2.31. The minimum atomic E-state index is -2.13. The van der Waals surface area contributed by atoms with E-state index in [0.29, 0.717) is 29.2 Å². The number of esters is 1. The third-order valence-corrected chi connectivity index (χ3v) is 5.62. The molecule has 8 nitrogen and oxygen atoms in total. The Balaban J connectivity index is 1.75. The van der Waals surface area contributed by atoms with Crippen LogP contribution in [0.4, 0.5) is 11.5 Å². The van der Waals surface area contributed by atoms with Crippen LogP contribution in [0.3, 0.4) is 0 Å². The maximum absolute atomic E-state index is 12.2. The minimum absolute atomic E-state index is 0.289. The van der Waals surface area contributed by atoms with Crippen LogP contribution in [0.5, 0.6) is 0 Å². The van der Waals surface area contributed by atoms with Crippen LogP contribution in [0.2, 0.25) is 0 Å². The number of nitrogens with one attached hydrogen (secondary N) is 1. The molecule has 1 unspecified atom stereocenters. The fraction of sp³-hybridized carbons (Fsp3) is 0.120. The van der Waals surface area contributed by atoms with E-state index in [1.165, 1.54) is 0 Å². The molecule has 4 N–H and O–H groups in total. The molecule has 0 bridgehead atoms. The number of carbonyl (C=O) groups excluding carboxylic acids is 1. The van der Waals surface area contributed by atoms with Gasteiger partial charge in [0, 0.05) is 23.2 Å². The number of ether oxygens (including phenoxy) is 1. The third-order valence-electron chi connectivity index (χ3n) is 5.21. The summed E-state index contributed by atoms with van der Waals surface area (Å²) in [4.78, 5) is 12.2. The molecule has 0 radical (unpaired) electrons. The number of aromatic nitrogens is 2. The lowest BCUT2D eigenvalue weighted by Gasteiger charge is -2.08. The lowest BCUT2D eigenvalue weighted by molar-refractivity contribution is 0.0526. The Hall–Kier alpha value is -3.95. The van der Waals surface area contributed by atoms with Crippen molar-refractivity contribution in [3.8, 4) is 16.9 Å². The van der Waals surface area contributed by atoms with E-state index in [4.69, 9.17) is 20.1 Å². The van der Waals surface area contributed by atoms with E-state index in [2.05, 4.69) is 4.72 Å². The molecule has 0 aliphatic carbocycles. The first-order valence-corrected chi connectivity index (χ1v) is 11.7. The summed E-state index contributed by atoms with van der Waals surface area (Å²) in [6, 6.07) is 23.9. The standard InChI is InChI=1S/C25H24N4O4S/c1-2-33-25(30)19-9-6-10-21(16-19)29-24(26)22(23(27-29)18-7-4-3-5-8-18)15-17-11-13-20(14-12-17)28-34(31)32/h3-14,16,28H,2,15,26H2,1H3,(H,31,32). The van der Waals surface area contributed by atoms with Crippen molar-refractivity contribution in [2.24, 2.45) is 0 Å². The Morgan fingerprint density at radius 1 is 1.09 bits per heavy atom. The second-order valence-electron chi connectivity index (χ2n) is 7.49. The minimum Gasteiger partial charge on any atom is -0.462 e. The highest BCUT2D eigenvalue weighted by Gasteiger charge is 2.19. The van der Waals surface area contributed by atoms with Gasteiger partial charge >= 0.3 is 5.97 Å². The van der Waals surface area contributed by atoms with Crippen LogP contribution < -0.4 is 10.5 Å². The second kappa shape index (κ2) is 10.3. The molecule has 0 spiro atoms. The summed E-state index contributed by atoms with van der Waals surface area (Å²) in [5, 5.41) is 4.80. The maximum Gasteiger partial charge on any atom is 0.338 e. The number of anilines is 2. The van der Waals surface area contributed by atoms with Crippen molar-refractivity contribution in [1.82, 2.24) is 9.78 Å². The smallest absolute Gasteiger partial charge is 0.338 e. The van der Waals surface area contributed by atoms with Crippen molar-refractivity contribution in [2.45, 2.75) is 13.3 Å². The Bertz CT molecular complexity index is 1320. The van der Waals surface area contributed by atoms with Crippen molar-refractivity contribution in [1.29, 1.82) is 0 Å². The Morgan fingerprint density at radius 2 is 1.82 bits per heavy atom. The fourth-order valence-corrected chi connectivity index (χ4v) is 3.97. The van der Waals surface area contributed by atoms with Gasteiger partial charge in [-0.25, -0.2) is 13.7 Å². The summed E-state index contributed by atoms with van der Waals surface area (Å²) in [6.45, 7) is 2.05. The van der Waals surface area contributed by atoms with Gasteiger partial charge in [-0.2, -0.15) is 5.10 Å².